The van der Waals surface area contributed by atoms with Crippen molar-refractivity contribution >= 4 is 0 Å². The van der Waals surface area contributed by atoms with Crippen LogP contribution in [0.1, 0.15) is 34.6 Å². The van der Waals surface area contributed by atoms with Crippen molar-refractivity contribution < 1.29 is 4.74 Å². The molecule has 1 fully saturated rings. The molecule has 1 heterocycles. The summed E-state index contributed by atoms with van der Waals surface area (Å²) in [5.74, 6) is 2.21. The standard InChI is InChI=1S/C10H20O/c1-7(2)9-6-11-10(4,5)8(9)3/h7-9H,6H2,1-5H3. The molecule has 0 amide bonds. The van der Waals surface area contributed by atoms with Gasteiger partial charge in [0.15, 0.2) is 0 Å². The van der Waals surface area contributed by atoms with Gasteiger partial charge in [0.05, 0.1) is 12.2 Å². The fraction of sp³-hybridized carbons (Fsp3) is 1.00. The summed E-state index contributed by atoms with van der Waals surface area (Å²) in [6, 6.07) is 0. The van der Waals surface area contributed by atoms with E-state index in [4.69, 9.17) is 4.74 Å². The van der Waals surface area contributed by atoms with E-state index >= 15 is 0 Å². The van der Waals surface area contributed by atoms with E-state index < -0.39 is 0 Å². The molecule has 1 heteroatoms. The molecule has 1 aliphatic rings. The van der Waals surface area contributed by atoms with Crippen LogP contribution in [0.5, 0.6) is 0 Å². The third-order valence-electron chi connectivity index (χ3n) is 3.24. The summed E-state index contributed by atoms with van der Waals surface area (Å²) in [6.07, 6.45) is 0. The van der Waals surface area contributed by atoms with E-state index in [1.165, 1.54) is 0 Å². The van der Waals surface area contributed by atoms with Crippen molar-refractivity contribution in [3.8, 4) is 0 Å². The second kappa shape index (κ2) is 2.78. The van der Waals surface area contributed by atoms with Crippen LogP contribution in [-0.2, 0) is 4.74 Å². The molecule has 2 atom stereocenters. The zero-order valence-corrected chi connectivity index (χ0v) is 8.35. The lowest BCUT2D eigenvalue weighted by atomic mass is 9.79. The van der Waals surface area contributed by atoms with Gasteiger partial charge in [0.25, 0.3) is 0 Å². The molecular weight excluding hydrogens is 136 g/mol. The topological polar surface area (TPSA) is 9.23 Å². The van der Waals surface area contributed by atoms with Crippen molar-refractivity contribution in [2.24, 2.45) is 17.8 Å². The second-order valence-corrected chi connectivity index (χ2v) is 4.61. The van der Waals surface area contributed by atoms with Crippen molar-refractivity contribution in [1.82, 2.24) is 0 Å². The quantitative estimate of drug-likeness (QED) is 0.567. The Bertz CT molecular complexity index is 138. The largest absolute Gasteiger partial charge is 0.375 e. The van der Waals surface area contributed by atoms with Gasteiger partial charge >= 0.3 is 0 Å². The van der Waals surface area contributed by atoms with Crippen LogP contribution in [0.15, 0.2) is 0 Å². The average molecular weight is 156 g/mol. The summed E-state index contributed by atoms with van der Waals surface area (Å²) >= 11 is 0. The predicted octanol–water partition coefficient (Wildman–Crippen LogP) is 2.70. The molecule has 0 spiro atoms. The zero-order valence-electron chi connectivity index (χ0n) is 8.35. The molecule has 0 N–H and O–H groups in total. The summed E-state index contributed by atoms with van der Waals surface area (Å²) in [4.78, 5) is 0. The van der Waals surface area contributed by atoms with Crippen LogP contribution in [0, 0.1) is 17.8 Å². The van der Waals surface area contributed by atoms with Crippen LogP contribution in [0.25, 0.3) is 0 Å². The highest BCUT2D eigenvalue weighted by Crippen LogP contribution is 2.38. The third-order valence-corrected chi connectivity index (χ3v) is 3.24. The van der Waals surface area contributed by atoms with Crippen LogP contribution in [0.3, 0.4) is 0 Å². The first kappa shape index (κ1) is 9.05. The van der Waals surface area contributed by atoms with Crippen LogP contribution >= 0.6 is 0 Å². The molecule has 0 bridgehead atoms. The minimum Gasteiger partial charge on any atom is -0.375 e. The normalized spacial score (nSPS) is 36.5. The van der Waals surface area contributed by atoms with Gasteiger partial charge in [-0.15, -0.1) is 0 Å². The second-order valence-electron chi connectivity index (χ2n) is 4.61. The highest BCUT2D eigenvalue weighted by molar-refractivity contribution is 4.88. The van der Waals surface area contributed by atoms with Gasteiger partial charge in [-0.2, -0.15) is 0 Å². The van der Waals surface area contributed by atoms with Crippen molar-refractivity contribution in [3.05, 3.63) is 0 Å². The summed E-state index contributed by atoms with van der Waals surface area (Å²) in [7, 11) is 0. The van der Waals surface area contributed by atoms with Crippen molar-refractivity contribution in [2.45, 2.75) is 40.2 Å². The lowest BCUT2D eigenvalue weighted by molar-refractivity contribution is 0.0152. The number of ether oxygens (including phenoxy) is 1. The Morgan fingerprint density at radius 2 is 1.91 bits per heavy atom. The molecule has 0 aromatic rings. The monoisotopic (exact) mass is 156 g/mol. The van der Waals surface area contributed by atoms with Gasteiger partial charge in [-0.3, -0.25) is 0 Å². The summed E-state index contributed by atoms with van der Waals surface area (Å²) in [5, 5.41) is 0. The van der Waals surface area contributed by atoms with Crippen molar-refractivity contribution in [1.29, 1.82) is 0 Å². The van der Waals surface area contributed by atoms with Gasteiger partial charge in [0.2, 0.25) is 0 Å². The molecule has 0 saturated carbocycles. The van der Waals surface area contributed by atoms with Crippen LogP contribution in [-0.4, -0.2) is 12.2 Å². The van der Waals surface area contributed by atoms with Crippen molar-refractivity contribution in [2.75, 3.05) is 6.61 Å². The molecule has 1 nitrogen and oxygen atoms in total. The Hall–Kier alpha value is -0.0400. The molecule has 1 saturated heterocycles. The number of hydrogen-bond acceptors (Lipinski definition) is 1. The molecule has 0 aliphatic carbocycles. The molecule has 66 valence electrons. The molecule has 0 radical (unpaired) electrons. The minimum atomic E-state index is 0.106. The molecule has 1 rings (SSSR count). The first-order valence-electron chi connectivity index (χ1n) is 4.59. The Labute approximate surface area is 70.1 Å². The maximum absolute atomic E-state index is 5.73. The zero-order chi connectivity index (χ0) is 8.65. The highest BCUT2D eigenvalue weighted by Gasteiger charge is 2.40. The highest BCUT2D eigenvalue weighted by atomic mass is 16.5. The van der Waals surface area contributed by atoms with E-state index in [2.05, 4.69) is 34.6 Å². The van der Waals surface area contributed by atoms with Crippen LogP contribution < -0.4 is 0 Å². The first-order valence-corrected chi connectivity index (χ1v) is 4.59. The Balaban J connectivity index is 2.63. The van der Waals surface area contributed by atoms with Crippen molar-refractivity contribution in [3.63, 3.8) is 0 Å². The van der Waals surface area contributed by atoms with Crippen LogP contribution in [0.2, 0.25) is 0 Å². The van der Waals surface area contributed by atoms with Gasteiger partial charge in [-0.25, -0.2) is 0 Å². The third kappa shape index (κ3) is 1.58. The Kier molecular flexibility index (Phi) is 2.29. The molecule has 11 heavy (non-hydrogen) atoms. The van der Waals surface area contributed by atoms with E-state index in [1.54, 1.807) is 0 Å². The van der Waals surface area contributed by atoms with E-state index in [0.29, 0.717) is 5.92 Å². The Morgan fingerprint density at radius 3 is 2.09 bits per heavy atom. The molecule has 0 aromatic carbocycles. The van der Waals surface area contributed by atoms with E-state index in [0.717, 1.165) is 18.4 Å². The summed E-state index contributed by atoms with van der Waals surface area (Å²) < 4.78 is 5.73. The summed E-state index contributed by atoms with van der Waals surface area (Å²) in [6.45, 7) is 12.2. The molecule has 0 aromatic heterocycles. The summed E-state index contributed by atoms with van der Waals surface area (Å²) in [5.41, 5.74) is 0.106. The lowest BCUT2D eigenvalue weighted by Gasteiger charge is -2.26. The van der Waals surface area contributed by atoms with Crippen LogP contribution in [0.4, 0.5) is 0 Å². The number of hydrogen-bond donors (Lipinski definition) is 0. The average Bonchev–Trinajstić information content (AvgIpc) is 2.09. The Morgan fingerprint density at radius 1 is 1.36 bits per heavy atom. The molecular formula is C10H20O. The van der Waals surface area contributed by atoms with Gasteiger partial charge in [0, 0.05) is 0 Å². The molecule has 2 unspecified atom stereocenters. The van der Waals surface area contributed by atoms with E-state index in [-0.39, 0.29) is 5.60 Å². The maximum Gasteiger partial charge on any atom is 0.0655 e. The molecule has 1 aliphatic heterocycles. The SMILES string of the molecule is CC(C)C1COC(C)(C)C1C. The number of rotatable bonds is 1. The predicted molar refractivity (Wildman–Crippen MR) is 47.5 cm³/mol. The van der Waals surface area contributed by atoms with Gasteiger partial charge in [-0.1, -0.05) is 20.8 Å². The minimum absolute atomic E-state index is 0.106. The lowest BCUT2D eigenvalue weighted by Crippen LogP contribution is -2.28. The van der Waals surface area contributed by atoms with Gasteiger partial charge in [0.1, 0.15) is 0 Å². The van der Waals surface area contributed by atoms with E-state index in [1.807, 2.05) is 0 Å². The first-order chi connectivity index (χ1) is 4.95. The van der Waals surface area contributed by atoms with Gasteiger partial charge in [-0.05, 0) is 31.6 Å². The van der Waals surface area contributed by atoms with E-state index in [9.17, 15) is 0 Å². The maximum atomic E-state index is 5.73. The fourth-order valence-corrected chi connectivity index (χ4v) is 1.87. The van der Waals surface area contributed by atoms with Gasteiger partial charge < -0.3 is 4.74 Å². The smallest absolute Gasteiger partial charge is 0.0655 e. The fourth-order valence-electron chi connectivity index (χ4n) is 1.87.